The second-order valence-electron chi connectivity index (χ2n) is 10.5. The minimum absolute atomic E-state index is 0.0242. The van der Waals surface area contributed by atoms with Gasteiger partial charge in [-0.3, -0.25) is 14.9 Å². The minimum Gasteiger partial charge on any atom is -0.288 e. The number of benzene rings is 3. The smallest absolute Gasteiger partial charge is 0.259 e. The van der Waals surface area contributed by atoms with Crippen molar-refractivity contribution in [1.29, 1.82) is 0 Å². The van der Waals surface area contributed by atoms with E-state index in [4.69, 9.17) is 0 Å². The topological polar surface area (TPSA) is 46.2 Å². The highest BCUT2D eigenvalue weighted by Gasteiger charge is 2.31. The molecule has 1 N–H and O–H groups in total. The van der Waals surface area contributed by atoms with Crippen LogP contribution in [0.2, 0.25) is 0 Å². The first-order chi connectivity index (χ1) is 14.9. The number of thioether (sulfide) groups is 1. The largest absolute Gasteiger partial charge is 0.288 e. The van der Waals surface area contributed by atoms with Crippen molar-refractivity contribution in [3.63, 3.8) is 0 Å². The maximum absolute atomic E-state index is 13.2. The van der Waals surface area contributed by atoms with Crippen LogP contribution in [-0.2, 0) is 10.8 Å². The van der Waals surface area contributed by atoms with Gasteiger partial charge in [0.25, 0.3) is 11.8 Å². The van der Waals surface area contributed by atoms with Crippen LogP contribution in [0.3, 0.4) is 0 Å². The highest BCUT2D eigenvalue weighted by Crippen LogP contribution is 2.44. The lowest BCUT2D eigenvalue weighted by molar-refractivity contribution is 0.0845. The van der Waals surface area contributed by atoms with E-state index in [2.05, 4.69) is 78.0 Å². The van der Waals surface area contributed by atoms with Gasteiger partial charge in [0.2, 0.25) is 0 Å². The first kappa shape index (κ1) is 22.6. The third-order valence-electron chi connectivity index (χ3n) is 6.11. The Morgan fingerprint density at radius 3 is 2.16 bits per heavy atom. The molecule has 3 aromatic rings. The van der Waals surface area contributed by atoms with Crippen molar-refractivity contribution in [3.05, 3.63) is 64.7 Å². The van der Waals surface area contributed by atoms with Crippen LogP contribution in [0.5, 0.6) is 0 Å². The van der Waals surface area contributed by atoms with Crippen molar-refractivity contribution in [1.82, 2.24) is 5.32 Å². The molecule has 4 rings (SSSR count). The summed E-state index contributed by atoms with van der Waals surface area (Å²) in [5.74, 6) is 0.270. The molecule has 0 spiro atoms. The zero-order chi connectivity index (χ0) is 23.4. The maximum Gasteiger partial charge on any atom is 0.259 e. The summed E-state index contributed by atoms with van der Waals surface area (Å²) in [6.45, 7) is 15.3. The molecule has 0 aliphatic carbocycles. The van der Waals surface area contributed by atoms with Gasteiger partial charge in [-0.25, -0.2) is 0 Å². The Morgan fingerprint density at radius 2 is 1.53 bits per heavy atom. The predicted octanol–water partition coefficient (Wildman–Crippen LogP) is 7.10. The van der Waals surface area contributed by atoms with E-state index < -0.39 is 0 Å². The first-order valence-corrected chi connectivity index (χ1v) is 12.2. The Balaban J connectivity index is 2.18. The van der Waals surface area contributed by atoms with Gasteiger partial charge in [0, 0.05) is 15.8 Å². The van der Waals surface area contributed by atoms with Gasteiger partial charge in [0.1, 0.15) is 0 Å². The fourth-order valence-electron chi connectivity index (χ4n) is 4.48. The highest BCUT2D eigenvalue weighted by atomic mass is 32.2. The summed E-state index contributed by atoms with van der Waals surface area (Å²) >= 11 is 1.75. The lowest BCUT2D eigenvalue weighted by atomic mass is 9.76. The molecule has 1 heterocycles. The van der Waals surface area contributed by atoms with E-state index in [1.54, 1.807) is 11.8 Å². The van der Waals surface area contributed by atoms with Gasteiger partial charge >= 0.3 is 0 Å². The van der Waals surface area contributed by atoms with Gasteiger partial charge in [0.15, 0.2) is 0 Å². The van der Waals surface area contributed by atoms with E-state index in [-0.39, 0.29) is 22.6 Å². The van der Waals surface area contributed by atoms with Crippen molar-refractivity contribution in [2.75, 3.05) is 5.75 Å². The molecule has 2 amide bonds. The van der Waals surface area contributed by atoms with Crippen LogP contribution in [0, 0.1) is 0 Å². The molecule has 3 nitrogen and oxygen atoms in total. The quantitative estimate of drug-likeness (QED) is 0.345. The highest BCUT2D eigenvalue weighted by molar-refractivity contribution is 7.99. The van der Waals surface area contributed by atoms with Crippen LogP contribution < -0.4 is 5.32 Å². The summed E-state index contributed by atoms with van der Waals surface area (Å²) < 4.78 is 0. The van der Waals surface area contributed by atoms with Crippen molar-refractivity contribution in [3.8, 4) is 11.1 Å². The molecule has 1 aliphatic heterocycles. The second kappa shape index (κ2) is 7.77. The van der Waals surface area contributed by atoms with Crippen LogP contribution in [0.1, 0.15) is 80.3 Å². The van der Waals surface area contributed by atoms with Gasteiger partial charge in [0.05, 0.1) is 5.56 Å². The normalized spacial score (nSPS) is 14.1. The molecule has 0 saturated carbocycles. The van der Waals surface area contributed by atoms with Crippen molar-refractivity contribution >= 4 is 34.3 Å². The SMILES string of the molecule is CCSc1cc(-c2cc(C(C)(C)C)ccc2C(C)(C)C)c2c3c(cccc13)C(=O)NC2=O. The zero-order valence-electron chi connectivity index (χ0n) is 20.0. The molecule has 3 aromatic carbocycles. The standard InChI is InChI=1S/C28H31NO2S/c1-8-32-22-15-20(19-14-16(27(2,3)4)12-13-21(19)28(5,6)7)24-23-17(22)10-9-11-18(23)25(30)29-26(24)31/h9-15H,8H2,1-7H3,(H,29,30,31). The predicted molar refractivity (Wildman–Crippen MR) is 135 cm³/mol. The van der Waals surface area contributed by atoms with E-state index in [0.29, 0.717) is 11.1 Å². The Kier molecular flexibility index (Phi) is 5.49. The second-order valence-corrected chi connectivity index (χ2v) is 11.8. The molecule has 0 radical (unpaired) electrons. The van der Waals surface area contributed by atoms with Crippen LogP contribution in [0.15, 0.2) is 47.4 Å². The van der Waals surface area contributed by atoms with E-state index in [1.165, 1.54) is 11.1 Å². The molecule has 0 saturated heterocycles. The molecule has 0 bridgehead atoms. The van der Waals surface area contributed by atoms with Crippen molar-refractivity contribution < 1.29 is 9.59 Å². The van der Waals surface area contributed by atoms with Crippen LogP contribution >= 0.6 is 11.8 Å². The third kappa shape index (κ3) is 3.75. The number of imide groups is 1. The van der Waals surface area contributed by atoms with Crippen molar-refractivity contribution in [2.24, 2.45) is 0 Å². The minimum atomic E-state index is -0.322. The fraction of sp³-hybridized carbons (Fsp3) is 0.357. The molecular formula is C28H31NO2S. The fourth-order valence-corrected chi connectivity index (χ4v) is 5.31. The van der Waals surface area contributed by atoms with Crippen LogP contribution in [-0.4, -0.2) is 17.6 Å². The van der Waals surface area contributed by atoms with Gasteiger partial charge in [-0.15, -0.1) is 11.8 Å². The molecule has 0 unspecified atom stereocenters. The molecule has 4 heteroatoms. The monoisotopic (exact) mass is 445 g/mol. The summed E-state index contributed by atoms with van der Waals surface area (Å²) in [5.41, 5.74) is 5.43. The molecule has 0 atom stereocenters. The zero-order valence-corrected chi connectivity index (χ0v) is 20.8. The number of nitrogens with one attached hydrogen (secondary N) is 1. The average Bonchev–Trinajstić information content (AvgIpc) is 2.70. The molecule has 0 fully saturated rings. The van der Waals surface area contributed by atoms with Gasteiger partial charge in [-0.2, -0.15) is 0 Å². The van der Waals surface area contributed by atoms with E-state index >= 15 is 0 Å². The van der Waals surface area contributed by atoms with Gasteiger partial charge in [-0.1, -0.05) is 78.8 Å². The summed E-state index contributed by atoms with van der Waals surface area (Å²) in [6, 6.07) is 14.5. The summed E-state index contributed by atoms with van der Waals surface area (Å²) in [7, 11) is 0. The van der Waals surface area contributed by atoms with E-state index in [0.717, 1.165) is 32.5 Å². The molecular weight excluding hydrogens is 414 g/mol. The number of amides is 2. The first-order valence-electron chi connectivity index (χ1n) is 11.2. The summed E-state index contributed by atoms with van der Waals surface area (Å²) in [5, 5.41) is 4.32. The Bertz CT molecular complexity index is 1260. The lowest BCUT2D eigenvalue weighted by Crippen LogP contribution is -2.35. The van der Waals surface area contributed by atoms with Crippen LogP contribution in [0.4, 0.5) is 0 Å². The Hall–Kier alpha value is -2.59. The van der Waals surface area contributed by atoms with Crippen molar-refractivity contribution in [2.45, 2.75) is 64.2 Å². The summed E-state index contributed by atoms with van der Waals surface area (Å²) in [4.78, 5) is 27.0. The molecule has 1 aliphatic rings. The third-order valence-corrected chi connectivity index (χ3v) is 7.04. The number of carbonyl (C=O) groups excluding carboxylic acids is 2. The number of hydrogen-bond acceptors (Lipinski definition) is 3. The lowest BCUT2D eigenvalue weighted by Gasteiger charge is -2.29. The van der Waals surface area contributed by atoms with Crippen LogP contribution in [0.25, 0.3) is 21.9 Å². The molecule has 32 heavy (non-hydrogen) atoms. The van der Waals surface area contributed by atoms with Gasteiger partial charge in [-0.05, 0) is 56.4 Å². The number of rotatable bonds is 3. The number of hydrogen-bond donors (Lipinski definition) is 1. The summed E-state index contributed by atoms with van der Waals surface area (Å²) in [6.07, 6.45) is 0. The molecule has 166 valence electrons. The Labute approximate surface area is 195 Å². The average molecular weight is 446 g/mol. The van der Waals surface area contributed by atoms with E-state index in [1.807, 2.05) is 18.2 Å². The van der Waals surface area contributed by atoms with Gasteiger partial charge < -0.3 is 0 Å². The maximum atomic E-state index is 13.2. The van der Waals surface area contributed by atoms with E-state index in [9.17, 15) is 9.59 Å². The number of carbonyl (C=O) groups is 2. The Morgan fingerprint density at radius 1 is 0.812 bits per heavy atom. The molecule has 0 aromatic heterocycles.